The smallest absolute Gasteiger partial charge is 0.338 e. The van der Waals surface area contributed by atoms with Gasteiger partial charge in [0.15, 0.2) is 13.2 Å². The highest BCUT2D eigenvalue weighted by molar-refractivity contribution is 5.91. The molecule has 0 radical (unpaired) electrons. The van der Waals surface area contributed by atoms with Gasteiger partial charge in [-0.15, -0.1) is 0 Å². The molecule has 0 unspecified atom stereocenters. The molecule has 3 rings (SSSR count). The second-order valence-corrected chi connectivity index (χ2v) is 6.54. The van der Waals surface area contributed by atoms with Crippen LogP contribution in [0.3, 0.4) is 0 Å². The lowest BCUT2D eigenvalue weighted by molar-refractivity contribution is -0.134. The fraction of sp³-hybridized carbons (Fsp3) is 0.227. The van der Waals surface area contributed by atoms with Crippen LogP contribution in [0.4, 0.5) is 0 Å². The van der Waals surface area contributed by atoms with Crippen molar-refractivity contribution in [3.8, 4) is 5.75 Å². The lowest BCUT2D eigenvalue weighted by Crippen LogP contribution is -2.37. The molecule has 2 N–H and O–H groups in total. The number of primary amides is 1. The van der Waals surface area contributed by atoms with Crippen LogP contribution >= 0.6 is 0 Å². The zero-order valence-corrected chi connectivity index (χ0v) is 15.9. The van der Waals surface area contributed by atoms with Crippen molar-refractivity contribution in [2.24, 2.45) is 5.73 Å². The van der Waals surface area contributed by atoms with Crippen molar-refractivity contribution in [1.29, 1.82) is 0 Å². The fourth-order valence-electron chi connectivity index (χ4n) is 2.95. The Morgan fingerprint density at radius 3 is 2.31 bits per heavy atom. The molecular weight excluding hydrogens is 372 g/mol. The van der Waals surface area contributed by atoms with E-state index in [2.05, 4.69) is 12.1 Å². The van der Waals surface area contributed by atoms with Crippen molar-refractivity contribution in [2.45, 2.75) is 6.42 Å². The minimum atomic E-state index is -0.600. The maximum Gasteiger partial charge on any atom is 0.338 e. The Kier molecular flexibility index (Phi) is 6.63. The van der Waals surface area contributed by atoms with Gasteiger partial charge in [-0.1, -0.05) is 36.4 Å². The topological polar surface area (TPSA) is 98.9 Å². The Bertz CT molecular complexity index is 907. The number of carbonyl (C=O) groups excluding carboxylic acids is 3. The molecule has 0 atom stereocenters. The summed E-state index contributed by atoms with van der Waals surface area (Å²) < 4.78 is 10.3. The summed E-state index contributed by atoms with van der Waals surface area (Å²) in [5.41, 5.74) is 7.67. The number of nitrogens with two attached hydrogens (primary N) is 1. The van der Waals surface area contributed by atoms with E-state index in [1.165, 1.54) is 29.8 Å². The van der Waals surface area contributed by atoms with E-state index in [0.717, 1.165) is 12.0 Å². The van der Waals surface area contributed by atoms with Gasteiger partial charge in [-0.3, -0.25) is 9.59 Å². The first-order valence-electron chi connectivity index (χ1n) is 9.23. The fourth-order valence-corrected chi connectivity index (χ4v) is 2.95. The number of amides is 2. The van der Waals surface area contributed by atoms with E-state index in [4.69, 9.17) is 15.2 Å². The predicted molar refractivity (Wildman–Crippen MR) is 107 cm³/mol. The first kappa shape index (κ1) is 20.1. The Balaban J connectivity index is 1.47. The molecule has 29 heavy (non-hydrogen) atoms. The maximum absolute atomic E-state index is 12.3. The number of benzene rings is 2. The molecule has 2 amide bonds. The third-order valence-corrected chi connectivity index (χ3v) is 4.50. The standard InChI is InChI=1S/C22H22N2O5/c23-20(25)14-28-19-8-6-18(7-9-19)22(27)29-15-21(26)24-12-10-17(11-13-24)16-4-2-1-3-5-16/h1-10H,11-15H2,(H2,23,25). The molecule has 1 aliphatic heterocycles. The van der Waals surface area contributed by atoms with Gasteiger partial charge in [0.2, 0.25) is 0 Å². The SMILES string of the molecule is NC(=O)COc1ccc(C(=O)OCC(=O)N2CC=C(c3ccccc3)CC2)cc1. The highest BCUT2D eigenvalue weighted by Gasteiger charge is 2.19. The summed E-state index contributed by atoms with van der Waals surface area (Å²) in [6.45, 7) is 0.525. The van der Waals surface area contributed by atoms with Crippen LogP contribution in [0.15, 0.2) is 60.7 Å². The molecule has 1 aliphatic rings. The minimum Gasteiger partial charge on any atom is -0.484 e. The summed E-state index contributed by atoms with van der Waals surface area (Å²) >= 11 is 0. The predicted octanol–water partition coefficient (Wildman–Crippen LogP) is 2.02. The highest BCUT2D eigenvalue weighted by Crippen LogP contribution is 2.22. The monoisotopic (exact) mass is 394 g/mol. The quantitative estimate of drug-likeness (QED) is 0.725. The third kappa shape index (κ3) is 5.68. The molecule has 150 valence electrons. The highest BCUT2D eigenvalue weighted by atomic mass is 16.5. The lowest BCUT2D eigenvalue weighted by Gasteiger charge is -2.26. The van der Waals surface area contributed by atoms with Crippen molar-refractivity contribution < 1.29 is 23.9 Å². The summed E-state index contributed by atoms with van der Waals surface area (Å²) in [4.78, 5) is 36.8. The van der Waals surface area contributed by atoms with Crippen LogP contribution in [0.5, 0.6) is 5.75 Å². The summed E-state index contributed by atoms with van der Waals surface area (Å²) in [5.74, 6) is -1.01. The van der Waals surface area contributed by atoms with Crippen molar-refractivity contribution >= 4 is 23.4 Å². The van der Waals surface area contributed by atoms with Crippen molar-refractivity contribution in [2.75, 3.05) is 26.3 Å². The Hall–Kier alpha value is -3.61. The molecule has 0 saturated carbocycles. The van der Waals surface area contributed by atoms with Crippen LogP contribution in [-0.4, -0.2) is 49.0 Å². The van der Waals surface area contributed by atoms with Gasteiger partial charge in [0.25, 0.3) is 11.8 Å². The van der Waals surface area contributed by atoms with Gasteiger partial charge in [0.05, 0.1) is 5.56 Å². The Morgan fingerprint density at radius 1 is 0.966 bits per heavy atom. The van der Waals surface area contributed by atoms with E-state index in [0.29, 0.717) is 18.8 Å². The van der Waals surface area contributed by atoms with E-state index in [1.807, 2.05) is 24.3 Å². The molecule has 0 fully saturated rings. The van der Waals surface area contributed by atoms with E-state index >= 15 is 0 Å². The zero-order chi connectivity index (χ0) is 20.6. The molecule has 0 aromatic heterocycles. The summed E-state index contributed by atoms with van der Waals surface area (Å²) in [6.07, 6.45) is 2.79. The third-order valence-electron chi connectivity index (χ3n) is 4.50. The Labute approximate surface area is 168 Å². The number of esters is 1. The number of ether oxygens (including phenoxy) is 2. The van der Waals surface area contributed by atoms with E-state index < -0.39 is 11.9 Å². The average molecular weight is 394 g/mol. The van der Waals surface area contributed by atoms with Gasteiger partial charge in [-0.05, 0) is 41.8 Å². The molecule has 2 aromatic carbocycles. The second-order valence-electron chi connectivity index (χ2n) is 6.54. The summed E-state index contributed by atoms with van der Waals surface area (Å²) in [6, 6.07) is 16.1. The van der Waals surface area contributed by atoms with Gasteiger partial charge in [0.1, 0.15) is 5.75 Å². The number of carbonyl (C=O) groups is 3. The van der Waals surface area contributed by atoms with Crippen LogP contribution in [0.1, 0.15) is 22.3 Å². The van der Waals surface area contributed by atoms with Gasteiger partial charge in [-0.25, -0.2) is 4.79 Å². The van der Waals surface area contributed by atoms with Gasteiger partial charge in [0, 0.05) is 13.1 Å². The van der Waals surface area contributed by atoms with Gasteiger partial charge in [-0.2, -0.15) is 0 Å². The maximum atomic E-state index is 12.3. The number of rotatable bonds is 7. The molecule has 0 aliphatic carbocycles. The van der Waals surface area contributed by atoms with Crippen molar-refractivity contribution in [3.63, 3.8) is 0 Å². The lowest BCUT2D eigenvalue weighted by atomic mass is 10.00. The minimum absolute atomic E-state index is 0.233. The summed E-state index contributed by atoms with van der Waals surface area (Å²) in [5, 5.41) is 0. The van der Waals surface area contributed by atoms with E-state index in [9.17, 15) is 14.4 Å². The number of hydrogen-bond acceptors (Lipinski definition) is 5. The van der Waals surface area contributed by atoms with Crippen LogP contribution < -0.4 is 10.5 Å². The molecule has 7 nitrogen and oxygen atoms in total. The van der Waals surface area contributed by atoms with Gasteiger partial charge >= 0.3 is 5.97 Å². The molecule has 2 aromatic rings. The van der Waals surface area contributed by atoms with Crippen molar-refractivity contribution in [3.05, 3.63) is 71.8 Å². The largest absolute Gasteiger partial charge is 0.484 e. The first-order valence-corrected chi connectivity index (χ1v) is 9.23. The molecule has 0 saturated heterocycles. The van der Waals surface area contributed by atoms with Crippen molar-refractivity contribution in [1.82, 2.24) is 4.90 Å². The normalized spacial score (nSPS) is 13.4. The molecule has 1 heterocycles. The molecule has 0 bridgehead atoms. The van der Waals surface area contributed by atoms with Crippen LogP contribution in [-0.2, 0) is 14.3 Å². The molecule has 7 heteroatoms. The van der Waals surface area contributed by atoms with Crippen LogP contribution in [0.2, 0.25) is 0 Å². The second kappa shape index (κ2) is 9.54. The van der Waals surface area contributed by atoms with Crippen LogP contribution in [0, 0.1) is 0 Å². The van der Waals surface area contributed by atoms with E-state index in [1.54, 1.807) is 4.90 Å². The Morgan fingerprint density at radius 2 is 1.69 bits per heavy atom. The molecular formula is C22H22N2O5. The first-order chi connectivity index (χ1) is 14.0. The number of hydrogen-bond donors (Lipinski definition) is 1. The zero-order valence-electron chi connectivity index (χ0n) is 15.9. The molecule has 0 spiro atoms. The number of nitrogens with zero attached hydrogens (tertiary/aromatic N) is 1. The average Bonchev–Trinajstić information content (AvgIpc) is 2.77. The van der Waals surface area contributed by atoms with Gasteiger partial charge < -0.3 is 20.1 Å². The summed E-state index contributed by atoms with van der Waals surface area (Å²) in [7, 11) is 0. The van der Waals surface area contributed by atoms with E-state index in [-0.39, 0.29) is 24.7 Å². The van der Waals surface area contributed by atoms with Crippen LogP contribution in [0.25, 0.3) is 5.57 Å².